The number of carboxylic acid groups (broad SMARTS) is 1. The molecule has 0 aromatic heterocycles. The van der Waals surface area contributed by atoms with Crippen molar-refractivity contribution in [1.82, 2.24) is 4.90 Å². The quantitative estimate of drug-likeness (QED) is 0.632. The van der Waals surface area contributed by atoms with Crippen molar-refractivity contribution >= 4 is 17.6 Å². The normalized spacial score (nSPS) is 10.1. The number of hydrogen-bond donors (Lipinski definition) is 1. The summed E-state index contributed by atoms with van der Waals surface area (Å²) in [7, 11) is 0. The van der Waals surface area contributed by atoms with Crippen LogP contribution in [0.25, 0.3) is 0 Å². The fourth-order valence-corrected chi connectivity index (χ4v) is 1.64. The van der Waals surface area contributed by atoms with Crippen LogP contribution in [0, 0.1) is 15.9 Å². The van der Waals surface area contributed by atoms with Crippen molar-refractivity contribution in [1.29, 1.82) is 0 Å². The van der Waals surface area contributed by atoms with Crippen molar-refractivity contribution in [3.63, 3.8) is 0 Å². The van der Waals surface area contributed by atoms with Crippen molar-refractivity contribution in [2.75, 3.05) is 13.1 Å². The number of nitro groups is 1. The molecule has 1 N–H and O–H groups in total. The molecule has 1 rings (SSSR count). The number of nitrogens with zero attached hydrogens (tertiary/aromatic N) is 2. The van der Waals surface area contributed by atoms with Crippen LogP contribution in [0.1, 0.15) is 23.7 Å². The van der Waals surface area contributed by atoms with Crippen molar-refractivity contribution < 1.29 is 24.0 Å². The van der Waals surface area contributed by atoms with Crippen molar-refractivity contribution in [2.24, 2.45) is 0 Å². The number of halogens is 1. The van der Waals surface area contributed by atoms with E-state index in [-0.39, 0.29) is 25.1 Å². The molecule has 0 bridgehead atoms. The van der Waals surface area contributed by atoms with Crippen LogP contribution in [0.3, 0.4) is 0 Å². The Morgan fingerprint density at radius 2 is 2.10 bits per heavy atom. The van der Waals surface area contributed by atoms with Crippen molar-refractivity contribution in [2.45, 2.75) is 13.3 Å². The SMILES string of the molecule is CCN(CCC(=O)O)C(=O)c1ccc(F)cc1[N+](=O)[O-]. The molecule has 0 saturated carbocycles. The Morgan fingerprint density at radius 3 is 2.60 bits per heavy atom. The minimum Gasteiger partial charge on any atom is -0.481 e. The first-order chi connectivity index (χ1) is 9.36. The highest BCUT2D eigenvalue weighted by Crippen LogP contribution is 2.21. The summed E-state index contributed by atoms with van der Waals surface area (Å²) in [5.41, 5.74) is -0.896. The van der Waals surface area contributed by atoms with Gasteiger partial charge < -0.3 is 10.0 Å². The van der Waals surface area contributed by atoms with E-state index >= 15 is 0 Å². The molecule has 7 nitrogen and oxygen atoms in total. The van der Waals surface area contributed by atoms with Gasteiger partial charge in [0.25, 0.3) is 11.6 Å². The van der Waals surface area contributed by atoms with Gasteiger partial charge in [-0.25, -0.2) is 4.39 Å². The molecule has 0 spiro atoms. The van der Waals surface area contributed by atoms with Gasteiger partial charge in [-0.1, -0.05) is 0 Å². The summed E-state index contributed by atoms with van der Waals surface area (Å²) in [5.74, 6) is -2.59. The van der Waals surface area contributed by atoms with Gasteiger partial charge >= 0.3 is 5.97 Å². The van der Waals surface area contributed by atoms with Gasteiger partial charge in [0.15, 0.2) is 0 Å². The summed E-state index contributed by atoms with van der Waals surface area (Å²) >= 11 is 0. The van der Waals surface area contributed by atoms with Gasteiger partial charge in [-0.3, -0.25) is 19.7 Å². The molecular formula is C12H13FN2O5. The summed E-state index contributed by atoms with van der Waals surface area (Å²) in [6.45, 7) is 1.74. The molecule has 0 atom stereocenters. The van der Waals surface area contributed by atoms with Crippen LogP contribution in [0.4, 0.5) is 10.1 Å². The number of hydrogen-bond acceptors (Lipinski definition) is 4. The lowest BCUT2D eigenvalue weighted by molar-refractivity contribution is -0.385. The minimum atomic E-state index is -1.08. The third-order valence-corrected chi connectivity index (χ3v) is 2.65. The summed E-state index contributed by atoms with van der Waals surface area (Å²) < 4.78 is 13.0. The standard InChI is InChI=1S/C12H13FN2O5/c1-2-14(6-5-11(16)17)12(18)9-4-3-8(13)7-10(9)15(19)20/h3-4,7H,2,5-6H2,1H3,(H,16,17). The maximum absolute atomic E-state index is 13.0. The summed E-state index contributed by atoms with van der Waals surface area (Å²) in [5, 5.41) is 19.4. The van der Waals surface area contributed by atoms with Gasteiger partial charge in [-0.15, -0.1) is 0 Å². The van der Waals surface area contributed by atoms with Crippen LogP contribution in [0.2, 0.25) is 0 Å². The Hall–Kier alpha value is -2.51. The Bertz CT molecular complexity index is 547. The zero-order valence-corrected chi connectivity index (χ0v) is 10.7. The first-order valence-corrected chi connectivity index (χ1v) is 5.81. The van der Waals surface area contributed by atoms with Crippen LogP contribution in [-0.4, -0.2) is 39.9 Å². The molecule has 1 aromatic rings. The summed E-state index contributed by atoms with van der Waals surface area (Å²) in [6, 6.07) is 2.64. The molecule has 0 unspecified atom stereocenters. The maximum Gasteiger partial charge on any atom is 0.305 e. The average molecular weight is 284 g/mol. The third-order valence-electron chi connectivity index (χ3n) is 2.65. The zero-order chi connectivity index (χ0) is 15.3. The molecule has 0 heterocycles. The summed E-state index contributed by atoms with van der Waals surface area (Å²) in [6.07, 6.45) is -0.269. The van der Waals surface area contributed by atoms with Gasteiger partial charge in [0.05, 0.1) is 17.4 Å². The molecule has 0 aliphatic rings. The molecule has 0 aliphatic carbocycles. The van der Waals surface area contributed by atoms with Gasteiger partial charge in [0.1, 0.15) is 11.4 Å². The Labute approximate surface area is 113 Å². The van der Waals surface area contributed by atoms with E-state index in [2.05, 4.69) is 0 Å². The molecule has 0 saturated heterocycles. The zero-order valence-electron chi connectivity index (χ0n) is 10.7. The molecule has 8 heteroatoms. The number of benzene rings is 1. The number of carbonyl (C=O) groups excluding carboxylic acids is 1. The monoisotopic (exact) mass is 284 g/mol. The van der Waals surface area contributed by atoms with E-state index < -0.39 is 28.3 Å². The van der Waals surface area contributed by atoms with Gasteiger partial charge in [-0.05, 0) is 19.1 Å². The molecule has 108 valence electrons. The number of carbonyl (C=O) groups is 2. The molecule has 1 amide bonds. The van der Waals surface area contributed by atoms with E-state index in [9.17, 15) is 24.1 Å². The van der Waals surface area contributed by atoms with Crippen molar-refractivity contribution in [3.8, 4) is 0 Å². The molecule has 0 fully saturated rings. The second-order valence-electron chi connectivity index (χ2n) is 3.95. The number of aliphatic carboxylic acids is 1. The van der Waals surface area contributed by atoms with Crippen LogP contribution in [-0.2, 0) is 4.79 Å². The number of carboxylic acids is 1. The summed E-state index contributed by atoms with van der Waals surface area (Å²) in [4.78, 5) is 33.8. The lowest BCUT2D eigenvalue weighted by Crippen LogP contribution is -2.33. The van der Waals surface area contributed by atoms with Crippen LogP contribution >= 0.6 is 0 Å². The van der Waals surface area contributed by atoms with Crippen LogP contribution in [0.5, 0.6) is 0 Å². The van der Waals surface area contributed by atoms with Crippen LogP contribution in [0.15, 0.2) is 18.2 Å². The van der Waals surface area contributed by atoms with E-state index in [0.29, 0.717) is 6.07 Å². The topological polar surface area (TPSA) is 101 Å². The van der Waals surface area contributed by atoms with Crippen molar-refractivity contribution in [3.05, 3.63) is 39.7 Å². The van der Waals surface area contributed by atoms with Gasteiger partial charge in [-0.2, -0.15) is 0 Å². The lowest BCUT2D eigenvalue weighted by atomic mass is 10.1. The predicted octanol–water partition coefficient (Wildman–Crippen LogP) is 1.67. The Balaban J connectivity index is 3.06. The second kappa shape index (κ2) is 6.60. The smallest absolute Gasteiger partial charge is 0.305 e. The maximum atomic E-state index is 13.0. The highest BCUT2D eigenvalue weighted by atomic mass is 19.1. The largest absolute Gasteiger partial charge is 0.481 e. The minimum absolute atomic E-state index is 0.0702. The first kappa shape index (κ1) is 15.5. The third kappa shape index (κ3) is 3.74. The van der Waals surface area contributed by atoms with Gasteiger partial charge in [0, 0.05) is 13.1 Å². The fourth-order valence-electron chi connectivity index (χ4n) is 1.64. The van der Waals surface area contributed by atoms with E-state index in [1.165, 1.54) is 0 Å². The second-order valence-corrected chi connectivity index (χ2v) is 3.95. The number of amides is 1. The molecule has 1 aromatic carbocycles. The highest BCUT2D eigenvalue weighted by Gasteiger charge is 2.24. The fraction of sp³-hybridized carbons (Fsp3) is 0.333. The van der Waals surface area contributed by atoms with Crippen LogP contribution < -0.4 is 0 Å². The Morgan fingerprint density at radius 1 is 1.45 bits per heavy atom. The molecule has 0 aliphatic heterocycles. The van der Waals surface area contributed by atoms with E-state index in [0.717, 1.165) is 17.0 Å². The molecule has 0 radical (unpaired) electrons. The predicted molar refractivity (Wildman–Crippen MR) is 66.9 cm³/mol. The molecular weight excluding hydrogens is 271 g/mol. The first-order valence-electron chi connectivity index (χ1n) is 5.81. The number of nitro benzene ring substituents is 1. The van der Waals surface area contributed by atoms with E-state index in [1.807, 2.05) is 0 Å². The average Bonchev–Trinajstić information content (AvgIpc) is 2.38. The number of rotatable bonds is 6. The van der Waals surface area contributed by atoms with Gasteiger partial charge in [0.2, 0.25) is 0 Å². The van der Waals surface area contributed by atoms with E-state index in [4.69, 9.17) is 5.11 Å². The lowest BCUT2D eigenvalue weighted by Gasteiger charge is -2.19. The van der Waals surface area contributed by atoms with E-state index in [1.54, 1.807) is 6.92 Å². The Kier molecular flexibility index (Phi) is 5.13. The molecule has 20 heavy (non-hydrogen) atoms. The highest BCUT2D eigenvalue weighted by molar-refractivity contribution is 5.98.